The number of carbonyl (C=O) groups excluding carboxylic acids is 2. The molecule has 0 saturated heterocycles. The summed E-state index contributed by atoms with van der Waals surface area (Å²) in [4.78, 5) is 23.3. The third-order valence-electron chi connectivity index (χ3n) is 2.40. The van der Waals surface area contributed by atoms with Gasteiger partial charge in [-0.3, -0.25) is 9.59 Å². The largest absolute Gasteiger partial charge is 0.465 e. The Kier molecular flexibility index (Phi) is 11.5. The molecule has 0 rings (SSSR count). The minimum Gasteiger partial charge on any atom is -0.465 e. The average Bonchev–Trinajstić information content (AvgIpc) is 2.38. The molecule has 0 aromatic carbocycles. The first-order valence-corrected chi connectivity index (χ1v) is 8.03. The van der Waals surface area contributed by atoms with Crippen molar-refractivity contribution >= 4 is 23.7 Å². The third kappa shape index (κ3) is 8.70. The highest BCUT2D eigenvalue weighted by atomic mass is 32.2. The fourth-order valence-electron chi connectivity index (χ4n) is 1.47. The zero-order valence-corrected chi connectivity index (χ0v) is 12.8. The number of unbranched alkanes of at least 4 members (excludes halogenated alkanes) is 1. The number of ether oxygens (including phenoxy) is 2. The van der Waals surface area contributed by atoms with Gasteiger partial charge in [-0.25, -0.2) is 0 Å². The van der Waals surface area contributed by atoms with E-state index in [9.17, 15) is 9.59 Å². The number of hydrogen-bond donors (Lipinski definition) is 0. The standard InChI is InChI=1S/C14H24O4S/c1-4-17-13(15)12(14(16)18-5-2)10-8-6-7-9-11-19-3/h6,8,12H,4-5,7,9-11H2,1-3H3/b8-6+. The van der Waals surface area contributed by atoms with Gasteiger partial charge in [0.2, 0.25) is 0 Å². The van der Waals surface area contributed by atoms with Gasteiger partial charge in [0.15, 0.2) is 5.92 Å². The molecule has 0 aliphatic heterocycles. The summed E-state index contributed by atoms with van der Waals surface area (Å²) in [5.74, 6) is -0.732. The van der Waals surface area contributed by atoms with Gasteiger partial charge in [-0.2, -0.15) is 11.8 Å². The second-order valence-corrected chi connectivity index (χ2v) is 4.88. The van der Waals surface area contributed by atoms with Crippen LogP contribution in [0.5, 0.6) is 0 Å². The lowest BCUT2D eigenvalue weighted by atomic mass is 10.1. The van der Waals surface area contributed by atoms with Crippen molar-refractivity contribution < 1.29 is 19.1 Å². The Hall–Kier alpha value is -0.970. The quantitative estimate of drug-likeness (QED) is 0.268. The first kappa shape index (κ1) is 18.0. The molecule has 0 heterocycles. The molecule has 110 valence electrons. The maximum atomic E-state index is 11.7. The highest BCUT2D eigenvalue weighted by Gasteiger charge is 2.27. The van der Waals surface area contributed by atoms with Crippen LogP contribution < -0.4 is 0 Å². The van der Waals surface area contributed by atoms with Crippen LogP contribution in [-0.4, -0.2) is 37.2 Å². The van der Waals surface area contributed by atoms with Crippen LogP contribution in [0.15, 0.2) is 12.2 Å². The molecular formula is C14H24O4S. The fourth-order valence-corrected chi connectivity index (χ4v) is 1.93. The van der Waals surface area contributed by atoms with Crippen LogP contribution in [0.2, 0.25) is 0 Å². The van der Waals surface area contributed by atoms with E-state index < -0.39 is 17.9 Å². The molecule has 0 aliphatic rings. The highest BCUT2D eigenvalue weighted by Crippen LogP contribution is 2.11. The van der Waals surface area contributed by atoms with Crippen LogP contribution in [-0.2, 0) is 19.1 Å². The lowest BCUT2D eigenvalue weighted by Crippen LogP contribution is -2.27. The van der Waals surface area contributed by atoms with Crippen LogP contribution in [0.4, 0.5) is 0 Å². The van der Waals surface area contributed by atoms with Gasteiger partial charge < -0.3 is 9.47 Å². The summed E-state index contributed by atoms with van der Waals surface area (Å²) in [5, 5.41) is 0. The first-order chi connectivity index (χ1) is 9.17. The first-order valence-electron chi connectivity index (χ1n) is 6.64. The molecule has 0 atom stereocenters. The molecule has 0 amide bonds. The van der Waals surface area contributed by atoms with E-state index in [1.165, 1.54) is 0 Å². The molecule has 0 bridgehead atoms. The van der Waals surface area contributed by atoms with E-state index in [-0.39, 0.29) is 13.2 Å². The van der Waals surface area contributed by atoms with Crippen LogP contribution in [0.1, 0.15) is 33.1 Å². The molecule has 0 aromatic rings. The van der Waals surface area contributed by atoms with Crippen LogP contribution in [0.3, 0.4) is 0 Å². The van der Waals surface area contributed by atoms with Crippen molar-refractivity contribution in [2.45, 2.75) is 33.1 Å². The molecule has 0 aliphatic carbocycles. The van der Waals surface area contributed by atoms with E-state index in [0.29, 0.717) is 6.42 Å². The van der Waals surface area contributed by atoms with Crippen LogP contribution in [0, 0.1) is 5.92 Å². The second-order valence-electron chi connectivity index (χ2n) is 3.90. The summed E-state index contributed by atoms with van der Waals surface area (Å²) in [6, 6.07) is 0. The van der Waals surface area contributed by atoms with Gasteiger partial charge in [-0.15, -0.1) is 0 Å². The number of hydrogen-bond acceptors (Lipinski definition) is 5. The second kappa shape index (κ2) is 12.1. The molecule has 4 nitrogen and oxygen atoms in total. The summed E-state index contributed by atoms with van der Waals surface area (Å²) in [6.07, 6.45) is 8.33. The Morgan fingerprint density at radius 1 is 1.11 bits per heavy atom. The van der Waals surface area contributed by atoms with E-state index in [4.69, 9.17) is 9.47 Å². The lowest BCUT2D eigenvalue weighted by Gasteiger charge is -2.12. The Morgan fingerprint density at radius 2 is 1.68 bits per heavy atom. The van der Waals surface area contributed by atoms with Crippen molar-refractivity contribution in [3.05, 3.63) is 12.2 Å². The maximum absolute atomic E-state index is 11.7. The number of allylic oxidation sites excluding steroid dienone is 2. The molecule has 19 heavy (non-hydrogen) atoms. The Labute approximate surface area is 119 Å². The zero-order valence-electron chi connectivity index (χ0n) is 12.0. The van der Waals surface area contributed by atoms with Crippen molar-refractivity contribution in [1.29, 1.82) is 0 Å². The predicted molar refractivity (Wildman–Crippen MR) is 78.1 cm³/mol. The minimum atomic E-state index is -0.836. The topological polar surface area (TPSA) is 52.6 Å². The average molecular weight is 288 g/mol. The smallest absolute Gasteiger partial charge is 0.320 e. The fraction of sp³-hybridized carbons (Fsp3) is 0.714. The summed E-state index contributed by atoms with van der Waals surface area (Å²) < 4.78 is 9.78. The number of esters is 2. The van der Waals surface area contributed by atoms with Crippen LogP contribution >= 0.6 is 11.8 Å². The molecule has 0 unspecified atom stereocenters. The van der Waals surface area contributed by atoms with E-state index in [2.05, 4.69) is 6.26 Å². The monoisotopic (exact) mass is 288 g/mol. The summed E-state index contributed by atoms with van der Waals surface area (Å²) in [7, 11) is 0. The van der Waals surface area contributed by atoms with Crippen molar-refractivity contribution in [3.63, 3.8) is 0 Å². The lowest BCUT2D eigenvalue weighted by molar-refractivity contribution is -0.161. The zero-order chi connectivity index (χ0) is 14.5. The SMILES string of the molecule is CCOC(=O)C(C/C=C/CCCSC)C(=O)OCC. The van der Waals surface area contributed by atoms with Gasteiger partial charge in [0.05, 0.1) is 13.2 Å². The molecule has 0 fully saturated rings. The van der Waals surface area contributed by atoms with E-state index >= 15 is 0 Å². The summed E-state index contributed by atoms with van der Waals surface area (Å²) in [6.45, 7) is 3.98. The Bertz CT molecular complexity index is 271. The summed E-state index contributed by atoms with van der Waals surface area (Å²) >= 11 is 1.81. The molecule has 0 N–H and O–H groups in total. The molecule has 0 saturated carbocycles. The van der Waals surface area contributed by atoms with Gasteiger partial charge >= 0.3 is 11.9 Å². The highest BCUT2D eigenvalue weighted by molar-refractivity contribution is 7.98. The van der Waals surface area contributed by atoms with Gasteiger partial charge in [0.25, 0.3) is 0 Å². The van der Waals surface area contributed by atoms with E-state index in [1.54, 1.807) is 25.6 Å². The predicted octanol–water partition coefficient (Wildman–Crippen LogP) is 2.82. The number of thioether (sulfide) groups is 1. The normalized spacial score (nSPS) is 10.9. The van der Waals surface area contributed by atoms with Gasteiger partial charge in [0, 0.05) is 0 Å². The molecular weight excluding hydrogens is 264 g/mol. The van der Waals surface area contributed by atoms with Crippen molar-refractivity contribution in [3.8, 4) is 0 Å². The maximum Gasteiger partial charge on any atom is 0.320 e. The van der Waals surface area contributed by atoms with Crippen LogP contribution in [0.25, 0.3) is 0 Å². The molecule has 5 heteroatoms. The number of carbonyl (C=O) groups is 2. The Morgan fingerprint density at radius 3 is 2.16 bits per heavy atom. The molecule has 0 aromatic heterocycles. The molecule has 0 spiro atoms. The Balaban J connectivity index is 4.26. The summed E-state index contributed by atoms with van der Waals surface area (Å²) in [5.41, 5.74) is 0. The minimum absolute atomic E-state index is 0.270. The molecule has 0 radical (unpaired) electrons. The van der Waals surface area contributed by atoms with Gasteiger partial charge in [0.1, 0.15) is 0 Å². The van der Waals surface area contributed by atoms with Crippen molar-refractivity contribution in [2.75, 3.05) is 25.2 Å². The van der Waals surface area contributed by atoms with Gasteiger partial charge in [-0.05, 0) is 45.1 Å². The van der Waals surface area contributed by atoms with E-state index in [0.717, 1.165) is 18.6 Å². The third-order valence-corrected chi connectivity index (χ3v) is 3.10. The number of rotatable bonds is 10. The van der Waals surface area contributed by atoms with Crippen molar-refractivity contribution in [1.82, 2.24) is 0 Å². The van der Waals surface area contributed by atoms with Crippen molar-refractivity contribution in [2.24, 2.45) is 5.92 Å². The van der Waals surface area contributed by atoms with E-state index in [1.807, 2.05) is 12.2 Å². The van der Waals surface area contributed by atoms with Gasteiger partial charge in [-0.1, -0.05) is 12.2 Å².